The Morgan fingerprint density at radius 2 is 2.22 bits per heavy atom. The van der Waals surface area contributed by atoms with Crippen molar-refractivity contribution >= 4 is 11.9 Å². The minimum Gasteiger partial charge on any atom is -0.368 e. The van der Waals surface area contributed by atoms with Crippen molar-refractivity contribution in [1.29, 1.82) is 0 Å². The first kappa shape index (κ1) is 14.7. The van der Waals surface area contributed by atoms with E-state index in [0.29, 0.717) is 12.1 Å². The Morgan fingerprint density at radius 3 is 2.91 bits per heavy atom. The molecule has 1 amide bonds. The molecule has 0 fully saturated rings. The number of hydrogen-bond acceptors (Lipinski definition) is 5. The van der Waals surface area contributed by atoms with Crippen LogP contribution in [0.3, 0.4) is 0 Å². The molecular formula is C16H16N6O. The van der Waals surface area contributed by atoms with Crippen molar-refractivity contribution in [2.45, 2.75) is 13.5 Å². The monoisotopic (exact) mass is 308 g/mol. The van der Waals surface area contributed by atoms with Gasteiger partial charge in [0.1, 0.15) is 0 Å². The molecule has 0 atom stereocenters. The molecule has 0 saturated heterocycles. The number of hydrogen-bond donors (Lipinski definition) is 3. The molecule has 0 aliphatic carbocycles. The predicted octanol–water partition coefficient (Wildman–Crippen LogP) is 1.69. The number of anilines is 1. The first-order chi connectivity index (χ1) is 11.1. The molecule has 0 bridgehead atoms. The molecule has 116 valence electrons. The van der Waals surface area contributed by atoms with Gasteiger partial charge in [0, 0.05) is 24.5 Å². The second kappa shape index (κ2) is 6.27. The number of nitrogens with zero attached hydrogens (tertiary/aromatic N) is 3. The molecule has 23 heavy (non-hydrogen) atoms. The second-order valence-corrected chi connectivity index (χ2v) is 5.11. The van der Waals surface area contributed by atoms with Crippen molar-refractivity contribution in [2.24, 2.45) is 0 Å². The molecule has 4 N–H and O–H groups in total. The van der Waals surface area contributed by atoms with Crippen LogP contribution in [-0.2, 0) is 6.54 Å². The van der Waals surface area contributed by atoms with Crippen LogP contribution in [0.5, 0.6) is 0 Å². The fourth-order valence-corrected chi connectivity index (χ4v) is 2.24. The molecule has 3 aromatic rings. The molecule has 2 heterocycles. The van der Waals surface area contributed by atoms with E-state index in [0.717, 1.165) is 22.4 Å². The highest BCUT2D eigenvalue weighted by atomic mass is 16.1. The van der Waals surface area contributed by atoms with Crippen LogP contribution in [-0.4, -0.2) is 26.1 Å². The molecule has 3 rings (SSSR count). The SMILES string of the molecule is Cc1cc(-c2ccnc(N)n2)ccc1CNC(=O)c1cn[nH]c1. The summed E-state index contributed by atoms with van der Waals surface area (Å²) >= 11 is 0. The number of aryl methyl sites for hydroxylation is 1. The first-order valence-electron chi connectivity index (χ1n) is 7.09. The van der Waals surface area contributed by atoms with Crippen molar-refractivity contribution in [3.05, 3.63) is 59.5 Å². The second-order valence-electron chi connectivity index (χ2n) is 5.11. The highest BCUT2D eigenvalue weighted by Gasteiger charge is 2.08. The number of nitrogen functional groups attached to an aromatic ring is 1. The molecule has 0 aliphatic heterocycles. The van der Waals surface area contributed by atoms with Crippen LogP contribution in [0.2, 0.25) is 0 Å². The summed E-state index contributed by atoms with van der Waals surface area (Å²) in [6.45, 7) is 2.44. The Bertz CT molecular complexity index is 828. The van der Waals surface area contributed by atoms with Crippen molar-refractivity contribution < 1.29 is 4.79 Å². The third kappa shape index (κ3) is 3.34. The summed E-state index contributed by atoms with van der Waals surface area (Å²) in [6, 6.07) is 7.75. The Labute approximate surface area is 133 Å². The largest absolute Gasteiger partial charge is 0.368 e. The first-order valence-corrected chi connectivity index (χ1v) is 7.09. The average Bonchev–Trinajstić information content (AvgIpc) is 3.08. The van der Waals surface area contributed by atoms with Gasteiger partial charge in [-0.1, -0.05) is 12.1 Å². The molecule has 0 saturated carbocycles. The summed E-state index contributed by atoms with van der Waals surface area (Å²) in [5.74, 6) is 0.0856. The lowest BCUT2D eigenvalue weighted by molar-refractivity contribution is 0.0951. The van der Waals surface area contributed by atoms with E-state index in [-0.39, 0.29) is 11.9 Å². The number of carbonyl (C=O) groups is 1. The highest BCUT2D eigenvalue weighted by Crippen LogP contribution is 2.20. The molecular weight excluding hydrogens is 292 g/mol. The number of carbonyl (C=O) groups excluding carboxylic acids is 1. The molecule has 0 radical (unpaired) electrons. The van der Waals surface area contributed by atoms with Crippen molar-refractivity contribution in [3.63, 3.8) is 0 Å². The van der Waals surface area contributed by atoms with Gasteiger partial charge in [0.15, 0.2) is 0 Å². The third-order valence-electron chi connectivity index (χ3n) is 3.51. The molecule has 0 unspecified atom stereocenters. The number of rotatable bonds is 4. The van der Waals surface area contributed by atoms with Crippen molar-refractivity contribution in [2.75, 3.05) is 5.73 Å². The van der Waals surface area contributed by atoms with Gasteiger partial charge in [0.25, 0.3) is 5.91 Å². The number of H-pyrrole nitrogens is 1. The summed E-state index contributed by atoms with van der Waals surface area (Å²) in [7, 11) is 0. The standard InChI is InChI=1S/C16H16N6O/c1-10-6-11(14-4-5-18-16(17)22-14)2-3-12(10)7-19-15(23)13-8-20-21-9-13/h2-6,8-9H,7H2,1H3,(H,19,23)(H,20,21)(H2,17,18,22). The van der Waals surface area contributed by atoms with Crippen LogP contribution in [0, 0.1) is 6.92 Å². The number of nitrogens with two attached hydrogens (primary N) is 1. The van der Waals surface area contributed by atoms with E-state index in [1.807, 2.05) is 31.2 Å². The molecule has 7 heteroatoms. The van der Waals surface area contributed by atoms with Gasteiger partial charge in [-0.15, -0.1) is 0 Å². The van der Waals surface area contributed by atoms with Gasteiger partial charge in [0.05, 0.1) is 17.5 Å². The zero-order valence-corrected chi connectivity index (χ0v) is 12.6. The highest BCUT2D eigenvalue weighted by molar-refractivity contribution is 5.93. The van der Waals surface area contributed by atoms with Crippen LogP contribution in [0.25, 0.3) is 11.3 Å². The maximum absolute atomic E-state index is 11.9. The topological polar surface area (TPSA) is 110 Å². The normalized spacial score (nSPS) is 10.5. The molecule has 0 aliphatic rings. The number of nitrogens with one attached hydrogen (secondary N) is 2. The van der Waals surface area contributed by atoms with Crippen LogP contribution in [0.15, 0.2) is 42.9 Å². The maximum Gasteiger partial charge on any atom is 0.254 e. The van der Waals surface area contributed by atoms with E-state index in [9.17, 15) is 4.79 Å². The Kier molecular flexibility index (Phi) is 4.01. The summed E-state index contributed by atoms with van der Waals surface area (Å²) in [5, 5.41) is 9.24. The summed E-state index contributed by atoms with van der Waals surface area (Å²) in [6.07, 6.45) is 4.68. The molecule has 1 aromatic carbocycles. The van der Waals surface area contributed by atoms with Crippen molar-refractivity contribution in [3.8, 4) is 11.3 Å². The van der Waals surface area contributed by atoms with Gasteiger partial charge in [-0.2, -0.15) is 5.10 Å². The smallest absolute Gasteiger partial charge is 0.254 e. The minimum absolute atomic E-state index is 0.161. The van der Waals surface area contributed by atoms with Crippen LogP contribution >= 0.6 is 0 Å². The average molecular weight is 308 g/mol. The van der Waals surface area contributed by atoms with E-state index >= 15 is 0 Å². The zero-order chi connectivity index (χ0) is 16.2. The van der Waals surface area contributed by atoms with Crippen molar-refractivity contribution in [1.82, 2.24) is 25.5 Å². The lowest BCUT2D eigenvalue weighted by Crippen LogP contribution is -2.22. The zero-order valence-electron chi connectivity index (χ0n) is 12.6. The number of amides is 1. The van der Waals surface area contributed by atoms with E-state index in [1.165, 1.54) is 6.20 Å². The summed E-state index contributed by atoms with van der Waals surface area (Å²) in [4.78, 5) is 20.0. The van der Waals surface area contributed by atoms with Gasteiger partial charge in [-0.25, -0.2) is 9.97 Å². The summed E-state index contributed by atoms with van der Waals surface area (Å²) < 4.78 is 0. The van der Waals surface area contributed by atoms with Gasteiger partial charge in [0.2, 0.25) is 5.95 Å². The number of aromatic nitrogens is 4. The lowest BCUT2D eigenvalue weighted by Gasteiger charge is -2.09. The Morgan fingerprint density at radius 1 is 1.35 bits per heavy atom. The Hall–Kier alpha value is -3.22. The molecule has 0 spiro atoms. The van der Waals surface area contributed by atoms with Gasteiger partial charge >= 0.3 is 0 Å². The van der Waals surface area contributed by atoms with E-state index in [2.05, 4.69) is 25.5 Å². The number of aromatic amines is 1. The quantitative estimate of drug-likeness (QED) is 0.679. The van der Waals surface area contributed by atoms with Gasteiger partial charge in [-0.3, -0.25) is 9.89 Å². The fraction of sp³-hybridized carbons (Fsp3) is 0.125. The minimum atomic E-state index is -0.161. The maximum atomic E-state index is 11.9. The molecule has 2 aromatic heterocycles. The van der Waals surface area contributed by atoms with Gasteiger partial charge < -0.3 is 11.1 Å². The van der Waals surface area contributed by atoms with Crippen LogP contribution < -0.4 is 11.1 Å². The summed E-state index contributed by atoms with van der Waals surface area (Å²) in [5.41, 5.74) is 9.95. The van der Waals surface area contributed by atoms with E-state index in [1.54, 1.807) is 12.4 Å². The van der Waals surface area contributed by atoms with Crippen LogP contribution in [0.4, 0.5) is 5.95 Å². The third-order valence-corrected chi connectivity index (χ3v) is 3.51. The Balaban J connectivity index is 1.73. The van der Waals surface area contributed by atoms with Gasteiger partial charge in [-0.05, 0) is 30.2 Å². The van der Waals surface area contributed by atoms with Crippen LogP contribution in [0.1, 0.15) is 21.5 Å². The lowest BCUT2D eigenvalue weighted by atomic mass is 10.0. The predicted molar refractivity (Wildman–Crippen MR) is 86.4 cm³/mol. The van der Waals surface area contributed by atoms with E-state index < -0.39 is 0 Å². The number of benzene rings is 1. The molecule has 7 nitrogen and oxygen atoms in total. The fourth-order valence-electron chi connectivity index (χ4n) is 2.24. The van der Waals surface area contributed by atoms with E-state index in [4.69, 9.17) is 5.73 Å².